The maximum absolute atomic E-state index is 12.7. The third-order valence-corrected chi connectivity index (χ3v) is 2.52. The molecular weight excluding hydrogens is 249 g/mol. The average Bonchev–Trinajstić information content (AvgIpc) is 2.41. The maximum Gasteiger partial charge on any atom is 0.356 e. The fraction of sp³-hybridized carbons (Fsp3) is 0.154. The van der Waals surface area contributed by atoms with Gasteiger partial charge in [0, 0.05) is 6.54 Å². The third-order valence-electron chi connectivity index (χ3n) is 2.52. The Morgan fingerprint density at radius 2 is 1.89 bits per heavy atom. The number of hydrogen-bond acceptors (Lipinski definition) is 4. The van der Waals surface area contributed by atoms with Crippen LogP contribution in [0.15, 0.2) is 36.4 Å². The minimum atomic E-state index is -1.11. The van der Waals surface area contributed by atoms with Gasteiger partial charge in [-0.05, 0) is 36.2 Å². The minimum Gasteiger partial charge on any atom is -0.476 e. The van der Waals surface area contributed by atoms with Gasteiger partial charge in [0.1, 0.15) is 11.6 Å². The number of anilines is 1. The standard InChI is InChI=1S/C13H12FN3O2/c14-10-3-1-9(2-4-10)7-8-15-12-6-5-11(13(18)19)16-17-12/h1-6H,7-8H2,(H,15,17)(H,18,19). The Bertz CT molecular complexity index is 555. The van der Waals surface area contributed by atoms with Crippen molar-refractivity contribution >= 4 is 11.8 Å². The molecule has 0 aliphatic rings. The van der Waals surface area contributed by atoms with Crippen molar-refractivity contribution < 1.29 is 14.3 Å². The number of halogens is 1. The average molecular weight is 261 g/mol. The van der Waals surface area contributed by atoms with E-state index < -0.39 is 5.97 Å². The zero-order valence-corrected chi connectivity index (χ0v) is 10.0. The van der Waals surface area contributed by atoms with Gasteiger partial charge in [-0.15, -0.1) is 10.2 Å². The van der Waals surface area contributed by atoms with E-state index in [2.05, 4.69) is 15.5 Å². The fourth-order valence-electron chi connectivity index (χ4n) is 1.53. The molecule has 0 radical (unpaired) electrons. The second-order valence-electron chi connectivity index (χ2n) is 3.91. The van der Waals surface area contributed by atoms with Crippen LogP contribution in [0.4, 0.5) is 10.2 Å². The molecule has 19 heavy (non-hydrogen) atoms. The monoisotopic (exact) mass is 261 g/mol. The summed E-state index contributed by atoms with van der Waals surface area (Å²) < 4.78 is 12.7. The molecule has 6 heteroatoms. The van der Waals surface area contributed by atoms with Crippen LogP contribution in [-0.4, -0.2) is 27.8 Å². The molecule has 0 aliphatic carbocycles. The van der Waals surface area contributed by atoms with E-state index in [-0.39, 0.29) is 11.5 Å². The molecule has 2 aromatic rings. The van der Waals surface area contributed by atoms with Crippen LogP contribution in [0, 0.1) is 5.82 Å². The summed E-state index contributed by atoms with van der Waals surface area (Å²) in [5, 5.41) is 19.0. The summed E-state index contributed by atoms with van der Waals surface area (Å²) in [6.07, 6.45) is 0.711. The van der Waals surface area contributed by atoms with Crippen LogP contribution in [-0.2, 0) is 6.42 Å². The normalized spacial score (nSPS) is 10.2. The minimum absolute atomic E-state index is 0.0934. The van der Waals surface area contributed by atoms with Gasteiger partial charge in [0.25, 0.3) is 0 Å². The van der Waals surface area contributed by atoms with Crippen molar-refractivity contribution in [2.45, 2.75) is 6.42 Å². The summed E-state index contributed by atoms with van der Waals surface area (Å²) >= 11 is 0. The van der Waals surface area contributed by atoms with Gasteiger partial charge in [-0.1, -0.05) is 12.1 Å². The Kier molecular flexibility index (Phi) is 4.02. The third kappa shape index (κ3) is 3.74. The number of hydrogen-bond donors (Lipinski definition) is 2. The second kappa shape index (κ2) is 5.90. The number of nitrogens with one attached hydrogen (secondary N) is 1. The number of carboxylic acids is 1. The van der Waals surface area contributed by atoms with Crippen molar-refractivity contribution in [3.05, 3.63) is 53.5 Å². The molecule has 0 bridgehead atoms. The van der Waals surface area contributed by atoms with E-state index >= 15 is 0 Å². The predicted octanol–water partition coefficient (Wildman–Crippen LogP) is 1.97. The van der Waals surface area contributed by atoms with Crippen LogP contribution in [0.3, 0.4) is 0 Å². The van der Waals surface area contributed by atoms with Crippen LogP contribution in [0.2, 0.25) is 0 Å². The summed E-state index contributed by atoms with van der Waals surface area (Å²) in [6, 6.07) is 9.21. The summed E-state index contributed by atoms with van der Waals surface area (Å²) in [6.45, 7) is 0.604. The lowest BCUT2D eigenvalue weighted by Gasteiger charge is -2.05. The highest BCUT2D eigenvalue weighted by Gasteiger charge is 2.04. The Hall–Kier alpha value is -2.50. The number of aromatic carboxylic acids is 1. The van der Waals surface area contributed by atoms with Gasteiger partial charge in [-0.25, -0.2) is 9.18 Å². The number of carboxylic acid groups (broad SMARTS) is 1. The molecule has 1 aromatic carbocycles. The van der Waals surface area contributed by atoms with Crippen LogP contribution < -0.4 is 5.32 Å². The lowest BCUT2D eigenvalue weighted by molar-refractivity contribution is 0.0689. The molecule has 0 unspecified atom stereocenters. The first-order valence-corrected chi connectivity index (χ1v) is 5.70. The molecule has 2 rings (SSSR count). The fourth-order valence-corrected chi connectivity index (χ4v) is 1.53. The number of carbonyl (C=O) groups is 1. The summed E-state index contributed by atoms with van der Waals surface area (Å²) in [4.78, 5) is 10.6. The Morgan fingerprint density at radius 3 is 2.47 bits per heavy atom. The maximum atomic E-state index is 12.7. The zero-order valence-electron chi connectivity index (χ0n) is 10.0. The number of aromatic nitrogens is 2. The molecule has 0 atom stereocenters. The summed E-state index contributed by atoms with van der Waals surface area (Å²) in [5.41, 5.74) is 0.910. The number of nitrogens with zero attached hydrogens (tertiary/aromatic N) is 2. The highest BCUT2D eigenvalue weighted by atomic mass is 19.1. The molecule has 1 aromatic heterocycles. The van der Waals surface area contributed by atoms with Crippen molar-refractivity contribution in [1.82, 2.24) is 10.2 Å². The van der Waals surface area contributed by atoms with E-state index in [9.17, 15) is 9.18 Å². The van der Waals surface area contributed by atoms with Gasteiger partial charge in [0.15, 0.2) is 5.69 Å². The van der Waals surface area contributed by atoms with E-state index in [4.69, 9.17) is 5.11 Å². The first-order valence-electron chi connectivity index (χ1n) is 5.70. The highest BCUT2D eigenvalue weighted by molar-refractivity contribution is 5.85. The van der Waals surface area contributed by atoms with Crippen LogP contribution >= 0.6 is 0 Å². The molecular formula is C13H12FN3O2. The Labute approximate surface area is 109 Å². The van der Waals surface area contributed by atoms with Gasteiger partial charge in [-0.3, -0.25) is 0 Å². The van der Waals surface area contributed by atoms with Crippen molar-refractivity contribution in [2.24, 2.45) is 0 Å². The Balaban J connectivity index is 1.85. The predicted molar refractivity (Wildman–Crippen MR) is 67.6 cm³/mol. The summed E-state index contributed by atoms with van der Waals surface area (Å²) in [5.74, 6) is -0.857. The summed E-state index contributed by atoms with van der Waals surface area (Å²) in [7, 11) is 0. The Morgan fingerprint density at radius 1 is 1.16 bits per heavy atom. The van der Waals surface area contributed by atoms with Gasteiger partial charge < -0.3 is 10.4 Å². The van der Waals surface area contributed by atoms with Gasteiger partial charge >= 0.3 is 5.97 Å². The first-order chi connectivity index (χ1) is 9.15. The van der Waals surface area contributed by atoms with E-state index in [1.54, 1.807) is 18.2 Å². The molecule has 98 valence electrons. The van der Waals surface area contributed by atoms with Crippen molar-refractivity contribution in [3.8, 4) is 0 Å². The molecule has 0 saturated carbocycles. The van der Waals surface area contributed by atoms with E-state index in [0.29, 0.717) is 18.8 Å². The molecule has 0 spiro atoms. The van der Waals surface area contributed by atoms with Gasteiger partial charge in [-0.2, -0.15) is 0 Å². The molecule has 0 amide bonds. The second-order valence-corrected chi connectivity index (χ2v) is 3.91. The molecule has 1 heterocycles. The van der Waals surface area contributed by atoms with Crippen LogP contribution in [0.25, 0.3) is 0 Å². The zero-order chi connectivity index (χ0) is 13.7. The van der Waals surface area contributed by atoms with Crippen LogP contribution in [0.5, 0.6) is 0 Å². The number of rotatable bonds is 5. The topological polar surface area (TPSA) is 75.1 Å². The smallest absolute Gasteiger partial charge is 0.356 e. The van der Waals surface area contributed by atoms with Gasteiger partial charge in [0.2, 0.25) is 0 Å². The molecule has 0 saturated heterocycles. The highest BCUT2D eigenvalue weighted by Crippen LogP contribution is 2.05. The van der Waals surface area contributed by atoms with Crippen molar-refractivity contribution in [3.63, 3.8) is 0 Å². The molecule has 2 N–H and O–H groups in total. The number of benzene rings is 1. The molecule has 0 fully saturated rings. The van der Waals surface area contributed by atoms with Crippen LogP contribution in [0.1, 0.15) is 16.1 Å². The largest absolute Gasteiger partial charge is 0.476 e. The first kappa shape index (κ1) is 12.9. The van der Waals surface area contributed by atoms with E-state index in [0.717, 1.165) is 5.56 Å². The quantitative estimate of drug-likeness (QED) is 0.860. The SMILES string of the molecule is O=C(O)c1ccc(NCCc2ccc(F)cc2)nn1. The molecule has 5 nitrogen and oxygen atoms in total. The lowest BCUT2D eigenvalue weighted by Crippen LogP contribution is -2.09. The molecule has 0 aliphatic heterocycles. The van der Waals surface area contributed by atoms with Crippen molar-refractivity contribution in [2.75, 3.05) is 11.9 Å². The lowest BCUT2D eigenvalue weighted by atomic mass is 10.1. The van der Waals surface area contributed by atoms with E-state index in [1.807, 2.05) is 0 Å². The van der Waals surface area contributed by atoms with Crippen molar-refractivity contribution in [1.29, 1.82) is 0 Å². The van der Waals surface area contributed by atoms with Gasteiger partial charge in [0.05, 0.1) is 0 Å². The van der Waals surface area contributed by atoms with E-state index in [1.165, 1.54) is 18.2 Å².